The number of quaternary nitrogens is 1. The predicted octanol–water partition coefficient (Wildman–Crippen LogP) is -0.103. The van der Waals surface area contributed by atoms with E-state index in [1.54, 1.807) is 0 Å². The van der Waals surface area contributed by atoms with Crippen LogP contribution in [0.1, 0.15) is 25.7 Å². The topological polar surface area (TPSA) is 101 Å². The maximum atomic E-state index is 11.4. The molecule has 120 valence electrons. The number of piperidine rings is 1. The summed E-state index contributed by atoms with van der Waals surface area (Å²) in [5, 5.41) is 0. The van der Waals surface area contributed by atoms with Crippen LogP contribution in [0.3, 0.4) is 0 Å². The highest BCUT2D eigenvalue weighted by molar-refractivity contribution is 7.91. The quantitative estimate of drug-likeness (QED) is 0.398. The molecule has 1 atom stereocenters. The summed E-state index contributed by atoms with van der Waals surface area (Å²) in [7, 11) is -4.06. The van der Waals surface area contributed by atoms with Gasteiger partial charge in [0.15, 0.2) is 9.84 Å². The summed E-state index contributed by atoms with van der Waals surface area (Å²) < 4.78 is 54.9. The van der Waals surface area contributed by atoms with Gasteiger partial charge in [-0.15, -0.1) is 0 Å². The Balaban J connectivity index is 0.000000286. The molecule has 0 aromatic rings. The molecule has 2 saturated heterocycles. The fraction of sp³-hybridized carbons (Fsp3) is 1.00. The molecule has 2 aliphatic heterocycles. The summed E-state index contributed by atoms with van der Waals surface area (Å²) in [6, 6.07) is 0.389. The lowest BCUT2D eigenvalue weighted by Crippen LogP contribution is -2.55. The van der Waals surface area contributed by atoms with Crippen LogP contribution >= 0.6 is 0 Å². The number of rotatable bonds is 2. The van der Waals surface area contributed by atoms with Gasteiger partial charge in [-0.2, -0.15) is 0 Å². The van der Waals surface area contributed by atoms with E-state index in [2.05, 4.69) is 11.2 Å². The minimum Gasteiger partial charge on any atom is -0.726 e. The molecule has 0 N–H and O–H groups in total. The van der Waals surface area contributed by atoms with Crippen LogP contribution in [0.4, 0.5) is 0 Å². The van der Waals surface area contributed by atoms with Crippen molar-refractivity contribution in [1.82, 2.24) is 0 Å². The van der Waals surface area contributed by atoms with Gasteiger partial charge in [-0.25, -0.2) is 16.8 Å². The van der Waals surface area contributed by atoms with Crippen molar-refractivity contribution in [3.63, 3.8) is 0 Å². The first kappa shape index (κ1) is 17.8. The number of likely N-dealkylation sites (tertiary alicyclic amines) is 1. The highest BCUT2D eigenvalue weighted by Crippen LogP contribution is 2.27. The minimum absolute atomic E-state index is 0.389. The van der Waals surface area contributed by atoms with Gasteiger partial charge in [0, 0.05) is 6.42 Å². The van der Waals surface area contributed by atoms with Crippen LogP contribution < -0.4 is 0 Å². The van der Waals surface area contributed by atoms with E-state index in [-0.39, 0.29) is 0 Å². The van der Waals surface area contributed by atoms with Gasteiger partial charge in [0.05, 0.1) is 33.0 Å². The van der Waals surface area contributed by atoms with E-state index in [0.29, 0.717) is 17.5 Å². The summed E-state index contributed by atoms with van der Waals surface area (Å²) in [6.07, 6.45) is 4.76. The Labute approximate surface area is 121 Å². The molecule has 2 heterocycles. The van der Waals surface area contributed by atoms with E-state index >= 15 is 0 Å². The van der Waals surface area contributed by atoms with Crippen molar-refractivity contribution in [3.05, 3.63) is 0 Å². The smallest absolute Gasteiger partial charge is 0.217 e. The Morgan fingerprint density at radius 1 is 1.20 bits per heavy atom. The minimum atomic E-state index is -4.41. The van der Waals surface area contributed by atoms with E-state index in [1.807, 2.05) is 0 Å². The van der Waals surface area contributed by atoms with Gasteiger partial charge >= 0.3 is 0 Å². The van der Waals surface area contributed by atoms with Crippen molar-refractivity contribution in [1.29, 1.82) is 0 Å². The molecule has 0 bridgehead atoms. The monoisotopic (exact) mass is 329 g/mol. The van der Waals surface area contributed by atoms with Crippen molar-refractivity contribution < 1.29 is 30.1 Å². The number of hydrogen-bond donors (Lipinski definition) is 0. The van der Waals surface area contributed by atoms with E-state index < -0.39 is 20.2 Å². The lowest BCUT2D eigenvalue weighted by molar-refractivity contribution is -0.934. The second-order valence-corrected chi connectivity index (χ2v) is 9.00. The zero-order valence-corrected chi connectivity index (χ0v) is 13.6. The second kappa shape index (κ2) is 6.69. The van der Waals surface area contributed by atoms with E-state index in [9.17, 15) is 21.4 Å². The van der Waals surface area contributed by atoms with Crippen molar-refractivity contribution in [2.75, 3.05) is 38.8 Å². The average Bonchev–Trinajstić information content (AvgIpc) is 2.71. The second-order valence-electron chi connectivity index (χ2n) is 5.62. The first-order valence-corrected chi connectivity index (χ1v) is 9.79. The molecule has 0 amide bonds. The molecule has 20 heavy (non-hydrogen) atoms. The van der Waals surface area contributed by atoms with E-state index in [1.165, 1.54) is 32.4 Å². The average molecular weight is 329 g/mol. The fourth-order valence-electron chi connectivity index (χ4n) is 2.87. The molecule has 0 aromatic carbocycles. The van der Waals surface area contributed by atoms with Crippen LogP contribution in [0.2, 0.25) is 0 Å². The largest absolute Gasteiger partial charge is 0.726 e. The molecule has 0 aromatic heterocycles. The molecule has 9 heteroatoms. The van der Waals surface area contributed by atoms with Crippen LogP contribution in [0.15, 0.2) is 0 Å². The van der Waals surface area contributed by atoms with Gasteiger partial charge in [0.2, 0.25) is 10.4 Å². The summed E-state index contributed by atoms with van der Waals surface area (Å²) >= 11 is 0. The third kappa shape index (κ3) is 5.65. The van der Waals surface area contributed by atoms with Gasteiger partial charge in [-0.05, 0) is 19.3 Å². The molecule has 2 rings (SSSR count). The van der Waals surface area contributed by atoms with Crippen molar-refractivity contribution in [3.8, 4) is 0 Å². The third-order valence-electron chi connectivity index (χ3n) is 4.13. The fourth-order valence-corrected chi connectivity index (χ4v) is 4.78. The molecule has 1 unspecified atom stereocenters. The maximum absolute atomic E-state index is 11.4. The number of hydrogen-bond acceptors (Lipinski definition) is 6. The molecule has 7 nitrogen and oxygen atoms in total. The van der Waals surface area contributed by atoms with Gasteiger partial charge in [0.25, 0.3) is 0 Å². The highest BCUT2D eigenvalue weighted by atomic mass is 32.3. The Bertz CT molecular complexity index is 507. The summed E-state index contributed by atoms with van der Waals surface area (Å²) in [5.41, 5.74) is 0. The number of nitrogens with zero attached hydrogens (tertiary/aromatic N) is 1. The van der Waals surface area contributed by atoms with E-state index in [4.69, 9.17) is 0 Å². The van der Waals surface area contributed by atoms with Crippen LogP contribution in [0, 0.1) is 0 Å². The van der Waals surface area contributed by atoms with Crippen molar-refractivity contribution in [2.24, 2.45) is 0 Å². The molecule has 0 radical (unpaired) electrons. The Kier molecular flexibility index (Phi) is 5.97. The summed E-state index contributed by atoms with van der Waals surface area (Å²) in [4.78, 5) is 0. The van der Waals surface area contributed by atoms with Gasteiger partial charge in [0.1, 0.15) is 11.8 Å². The van der Waals surface area contributed by atoms with Crippen LogP contribution in [-0.2, 0) is 24.4 Å². The van der Waals surface area contributed by atoms with Crippen LogP contribution in [0.5, 0.6) is 0 Å². The molecule has 0 spiro atoms. The first-order chi connectivity index (χ1) is 9.08. The van der Waals surface area contributed by atoms with Crippen molar-refractivity contribution in [2.45, 2.75) is 31.7 Å². The zero-order valence-electron chi connectivity index (χ0n) is 11.9. The Morgan fingerprint density at radius 2 is 1.70 bits per heavy atom. The Morgan fingerprint density at radius 3 is 2.05 bits per heavy atom. The first-order valence-electron chi connectivity index (χ1n) is 6.64. The standard InChI is InChI=1S/C10H20NO2S.CH4O4S/c1-11(6-3-2-4-7-11)10-5-8-14(12,13)9-10;1-5-6(2,3)4/h10H,2-9H2,1H3;1H3,(H,2,3,4)/q+1;/p-1. The maximum Gasteiger partial charge on any atom is 0.217 e. The molecular weight excluding hydrogens is 306 g/mol. The predicted molar refractivity (Wildman–Crippen MR) is 73.5 cm³/mol. The molecule has 0 aliphatic carbocycles. The van der Waals surface area contributed by atoms with Crippen LogP contribution in [-0.4, -0.2) is 70.7 Å². The van der Waals surface area contributed by atoms with Gasteiger partial charge < -0.3 is 9.04 Å². The zero-order chi connectivity index (χ0) is 15.4. The third-order valence-corrected chi connectivity index (χ3v) is 6.29. The summed E-state index contributed by atoms with van der Waals surface area (Å²) in [6.45, 7) is 2.36. The SMILES string of the molecule is COS(=O)(=O)[O-].C[N+]1(C2CCS(=O)(=O)C2)CCCCC1. The molecular formula is C11H23NO6S2. The lowest BCUT2D eigenvalue weighted by atomic mass is 10.0. The van der Waals surface area contributed by atoms with E-state index in [0.717, 1.165) is 18.0 Å². The number of sulfone groups is 1. The lowest BCUT2D eigenvalue weighted by Gasteiger charge is -2.42. The molecule has 0 saturated carbocycles. The highest BCUT2D eigenvalue weighted by Gasteiger charge is 2.41. The summed E-state index contributed by atoms with van der Waals surface area (Å²) in [5.74, 6) is 0.856. The van der Waals surface area contributed by atoms with Crippen molar-refractivity contribution >= 4 is 20.2 Å². The molecule has 2 aliphatic rings. The normalized spacial score (nSPS) is 28.4. The van der Waals surface area contributed by atoms with Gasteiger partial charge in [-0.1, -0.05) is 0 Å². The van der Waals surface area contributed by atoms with Gasteiger partial charge in [-0.3, -0.25) is 4.18 Å². The Hall–Kier alpha value is -0.220. The van der Waals surface area contributed by atoms with Crippen LogP contribution in [0.25, 0.3) is 0 Å². The molecule has 2 fully saturated rings.